The van der Waals surface area contributed by atoms with Crippen molar-refractivity contribution in [3.63, 3.8) is 0 Å². The third-order valence-corrected chi connectivity index (χ3v) is 3.13. The molecule has 1 aliphatic carbocycles. The highest BCUT2D eigenvalue weighted by Crippen LogP contribution is 2.33. The van der Waals surface area contributed by atoms with Crippen molar-refractivity contribution in [1.29, 1.82) is 0 Å². The van der Waals surface area contributed by atoms with Crippen LogP contribution in [0, 0.1) is 0 Å². The van der Waals surface area contributed by atoms with Gasteiger partial charge in [-0.15, -0.1) is 9.24 Å². The second-order valence-corrected chi connectivity index (χ2v) is 4.68. The fourth-order valence-electron chi connectivity index (χ4n) is 1.24. The van der Waals surface area contributed by atoms with E-state index < -0.39 is 0 Å². The highest BCUT2D eigenvalue weighted by atomic mass is 31.0. The summed E-state index contributed by atoms with van der Waals surface area (Å²) in [4.78, 5) is 0. The van der Waals surface area contributed by atoms with E-state index in [1.165, 1.54) is 24.8 Å². The summed E-state index contributed by atoms with van der Waals surface area (Å²) in [5.74, 6) is 0. The molecule has 0 nitrogen and oxygen atoms in total. The standard InChI is InChI=1S/C10H17P/c1-3-10(2,11)9-7-5-4-6-8-9/h5,7-8H,3-4,6,11H2,1-2H3. The van der Waals surface area contributed by atoms with Crippen molar-refractivity contribution < 1.29 is 0 Å². The van der Waals surface area contributed by atoms with Crippen molar-refractivity contribution in [3.8, 4) is 0 Å². The molecule has 1 aliphatic rings. The smallest absolute Gasteiger partial charge is 0.00635 e. The Balaban J connectivity index is 2.73. The van der Waals surface area contributed by atoms with E-state index in [9.17, 15) is 0 Å². The highest BCUT2D eigenvalue weighted by molar-refractivity contribution is 7.19. The molecule has 0 aliphatic heterocycles. The molecule has 0 saturated heterocycles. The van der Waals surface area contributed by atoms with Crippen LogP contribution in [0.3, 0.4) is 0 Å². The maximum atomic E-state index is 2.94. The van der Waals surface area contributed by atoms with Gasteiger partial charge in [-0.25, -0.2) is 0 Å². The Morgan fingerprint density at radius 3 is 2.73 bits per heavy atom. The van der Waals surface area contributed by atoms with Gasteiger partial charge in [-0.1, -0.05) is 32.1 Å². The van der Waals surface area contributed by atoms with Crippen LogP contribution >= 0.6 is 9.24 Å². The molecule has 0 heterocycles. The summed E-state index contributed by atoms with van der Waals surface area (Å²) in [5, 5.41) is 0.302. The second-order valence-electron chi connectivity index (χ2n) is 3.41. The lowest BCUT2D eigenvalue weighted by Gasteiger charge is -2.25. The molecule has 11 heavy (non-hydrogen) atoms. The summed E-state index contributed by atoms with van der Waals surface area (Å²) < 4.78 is 0. The molecule has 0 radical (unpaired) electrons. The summed E-state index contributed by atoms with van der Waals surface area (Å²) in [6, 6.07) is 0. The first kappa shape index (κ1) is 9.00. The average Bonchev–Trinajstić information content (AvgIpc) is 2.06. The van der Waals surface area contributed by atoms with E-state index in [-0.39, 0.29) is 0 Å². The summed E-state index contributed by atoms with van der Waals surface area (Å²) in [6.07, 6.45) is 10.5. The Kier molecular flexibility index (Phi) is 2.90. The van der Waals surface area contributed by atoms with Crippen molar-refractivity contribution in [3.05, 3.63) is 23.8 Å². The Morgan fingerprint density at radius 1 is 1.55 bits per heavy atom. The van der Waals surface area contributed by atoms with Crippen LogP contribution in [0.1, 0.15) is 33.1 Å². The third kappa shape index (κ3) is 2.17. The van der Waals surface area contributed by atoms with Crippen molar-refractivity contribution in [1.82, 2.24) is 0 Å². The summed E-state index contributed by atoms with van der Waals surface area (Å²) in [7, 11) is 2.94. The van der Waals surface area contributed by atoms with Gasteiger partial charge in [0.1, 0.15) is 0 Å². The van der Waals surface area contributed by atoms with E-state index >= 15 is 0 Å². The fraction of sp³-hybridized carbons (Fsp3) is 0.600. The van der Waals surface area contributed by atoms with E-state index in [1.807, 2.05) is 0 Å². The lowest BCUT2D eigenvalue weighted by Crippen LogP contribution is -2.16. The Morgan fingerprint density at radius 2 is 2.27 bits per heavy atom. The van der Waals surface area contributed by atoms with Crippen LogP contribution in [0.4, 0.5) is 0 Å². The van der Waals surface area contributed by atoms with Crippen LogP contribution in [-0.2, 0) is 0 Å². The molecule has 2 unspecified atom stereocenters. The van der Waals surface area contributed by atoms with Gasteiger partial charge in [-0.2, -0.15) is 0 Å². The van der Waals surface area contributed by atoms with E-state index in [1.54, 1.807) is 0 Å². The molecule has 62 valence electrons. The third-order valence-electron chi connectivity index (χ3n) is 2.39. The maximum absolute atomic E-state index is 2.94. The van der Waals surface area contributed by atoms with Gasteiger partial charge in [0, 0.05) is 5.16 Å². The Hall–Kier alpha value is -0.0900. The molecule has 1 rings (SSSR count). The maximum Gasteiger partial charge on any atom is 0.00635 e. The predicted molar refractivity (Wildman–Crippen MR) is 54.9 cm³/mol. The van der Waals surface area contributed by atoms with Crippen LogP contribution in [0.25, 0.3) is 0 Å². The Bertz CT molecular complexity index is 187. The van der Waals surface area contributed by atoms with Crippen LogP contribution in [0.15, 0.2) is 23.8 Å². The monoisotopic (exact) mass is 168 g/mol. The zero-order valence-electron chi connectivity index (χ0n) is 7.43. The Labute approximate surface area is 72.0 Å². The lowest BCUT2D eigenvalue weighted by molar-refractivity contribution is 0.717. The first-order valence-corrected chi connectivity index (χ1v) is 4.90. The van der Waals surface area contributed by atoms with Gasteiger partial charge >= 0.3 is 0 Å². The number of rotatable bonds is 2. The van der Waals surface area contributed by atoms with Crippen molar-refractivity contribution in [2.75, 3.05) is 0 Å². The van der Waals surface area contributed by atoms with Crippen molar-refractivity contribution in [2.45, 2.75) is 38.3 Å². The number of allylic oxidation sites excluding steroid dienone is 4. The zero-order valence-corrected chi connectivity index (χ0v) is 8.59. The van der Waals surface area contributed by atoms with Crippen molar-refractivity contribution in [2.24, 2.45) is 0 Å². The average molecular weight is 168 g/mol. The van der Waals surface area contributed by atoms with E-state index in [0.717, 1.165) is 0 Å². The minimum Gasteiger partial charge on any atom is -0.127 e. The van der Waals surface area contributed by atoms with Gasteiger partial charge in [-0.05, 0) is 24.8 Å². The SMILES string of the molecule is CCC(C)(P)C1=CCCC=C1. The number of hydrogen-bond acceptors (Lipinski definition) is 0. The number of hydrogen-bond donors (Lipinski definition) is 0. The summed E-state index contributed by atoms with van der Waals surface area (Å²) in [5.41, 5.74) is 1.48. The molecule has 2 atom stereocenters. The molecule has 1 heteroatoms. The fourth-order valence-corrected chi connectivity index (χ4v) is 1.46. The molecular weight excluding hydrogens is 151 g/mol. The molecular formula is C10H17P. The van der Waals surface area contributed by atoms with Gasteiger partial charge in [0.25, 0.3) is 0 Å². The van der Waals surface area contributed by atoms with Crippen LogP contribution in [-0.4, -0.2) is 5.16 Å². The molecule has 0 aromatic heterocycles. The molecule has 0 saturated carbocycles. The van der Waals surface area contributed by atoms with E-state index in [4.69, 9.17) is 0 Å². The molecule has 0 spiro atoms. The van der Waals surface area contributed by atoms with Gasteiger partial charge in [-0.3, -0.25) is 0 Å². The van der Waals surface area contributed by atoms with Gasteiger partial charge in [0.2, 0.25) is 0 Å². The van der Waals surface area contributed by atoms with Gasteiger partial charge in [0.15, 0.2) is 0 Å². The minimum atomic E-state index is 0.302. The lowest BCUT2D eigenvalue weighted by atomic mass is 9.93. The van der Waals surface area contributed by atoms with Crippen LogP contribution < -0.4 is 0 Å². The molecule has 0 aromatic carbocycles. The van der Waals surface area contributed by atoms with Crippen molar-refractivity contribution >= 4 is 9.24 Å². The van der Waals surface area contributed by atoms with Gasteiger partial charge < -0.3 is 0 Å². The van der Waals surface area contributed by atoms with E-state index in [0.29, 0.717) is 5.16 Å². The summed E-state index contributed by atoms with van der Waals surface area (Å²) >= 11 is 0. The van der Waals surface area contributed by atoms with Crippen LogP contribution in [0.5, 0.6) is 0 Å². The molecule has 0 amide bonds. The molecule has 0 N–H and O–H groups in total. The summed E-state index contributed by atoms with van der Waals surface area (Å²) in [6.45, 7) is 4.51. The highest BCUT2D eigenvalue weighted by Gasteiger charge is 2.19. The van der Waals surface area contributed by atoms with Crippen LogP contribution in [0.2, 0.25) is 0 Å². The minimum absolute atomic E-state index is 0.302. The molecule has 0 fully saturated rings. The van der Waals surface area contributed by atoms with Gasteiger partial charge in [0.05, 0.1) is 0 Å². The second kappa shape index (κ2) is 3.54. The molecule has 0 aromatic rings. The molecule has 0 bridgehead atoms. The normalized spacial score (nSPS) is 22.6. The van der Waals surface area contributed by atoms with E-state index in [2.05, 4.69) is 41.3 Å². The largest absolute Gasteiger partial charge is 0.127 e. The predicted octanol–water partition coefficient (Wildman–Crippen LogP) is 3.31. The zero-order chi connectivity index (χ0) is 8.32. The quantitative estimate of drug-likeness (QED) is 0.555. The topological polar surface area (TPSA) is 0 Å². The first-order chi connectivity index (χ1) is 5.17. The first-order valence-electron chi connectivity index (χ1n) is 4.33.